The van der Waals surface area contributed by atoms with Crippen LogP contribution >= 0.6 is 11.8 Å². The van der Waals surface area contributed by atoms with Gasteiger partial charge in [0.2, 0.25) is 5.12 Å². The molecule has 0 fully saturated rings. The van der Waals surface area contributed by atoms with Gasteiger partial charge >= 0.3 is 35.8 Å². The van der Waals surface area contributed by atoms with Crippen molar-refractivity contribution in [2.24, 2.45) is 0 Å². The number of ether oxygens (including phenoxy) is 1. The van der Waals surface area contributed by atoms with Crippen molar-refractivity contribution in [1.29, 1.82) is 0 Å². The SMILES string of the molecule is CCCOc1ccc(C(=O)SCCC(F)(F)C(F)(F)C(F)(F)C(F)(F)C(F)(F)C(F)(F)F)cc1. The molecule has 0 saturated carbocycles. The van der Waals surface area contributed by atoms with Crippen molar-refractivity contribution in [3.8, 4) is 5.75 Å². The molecule has 0 radical (unpaired) electrons. The number of carbonyl (C=O) groups is 1. The first-order valence-electron chi connectivity index (χ1n) is 9.03. The third kappa shape index (κ3) is 5.51. The maximum Gasteiger partial charge on any atom is 0.460 e. The Morgan fingerprint density at radius 3 is 1.68 bits per heavy atom. The maximum absolute atomic E-state index is 13.7. The Balaban J connectivity index is 2.96. The number of benzene rings is 1. The van der Waals surface area contributed by atoms with Crippen molar-refractivity contribution in [2.75, 3.05) is 12.4 Å². The predicted octanol–water partition coefficient (Wildman–Crippen LogP) is 7.48. The summed E-state index contributed by atoms with van der Waals surface area (Å²) >= 11 is -0.129. The number of thioether (sulfide) groups is 1. The normalized spacial score (nSPS) is 14.3. The second kappa shape index (κ2) is 10.0. The van der Waals surface area contributed by atoms with Crippen LogP contribution in [0.3, 0.4) is 0 Å². The van der Waals surface area contributed by atoms with E-state index < -0.39 is 53.1 Å². The van der Waals surface area contributed by atoms with E-state index in [0.29, 0.717) is 18.8 Å². The van der Waals surface area contributed by atoms with E-state index in [9.17, 15) is 61.9 Å². The topological polar surface area (TPSA) is 26.3 Å². The van der Waals surface area contributed by atoms with Crippen molar-refractivity contribution >= 4 is 16.9 Å². The number of hydrogen-bond donors (Lipinski definition) is 0. The molecule has 0 amide bonds. The maximum atomic E-state index is 13.7. The van der Waals surface area contributed by atoms with Crippen LogP contribution < -0.4 is 4.74 Å². The average molecular weight is 542 g/mol. The fourth-order valence-corrected chi connectivity index (χ4v) is 3.07. The molecule has 2 nitrogen and oxygen atoms in total. The minimum absolute atomic E-state index is 0.129. The highest BCUT2D eigenvalue weighted by atomic mass is 32.2. The quantitative estimate of drug-likeness (QED) is 0.272. The molecule has 0 heterocycles. The van der Waals surface area contributed by atoms with Crippen LogP contribution in [-0.2, 0) is 0 Å². The van der Waals surface area contributed by atoms with Crippen LogP contribution in [0.4, 0.5) is 57.1 Å². The lowest BCUT2D eigenvalue weighted by molar-refractivity contribution is -0.439. The van der Waals surface area contributed by atoms with Crippen LogP contribution in [0.5, 0.6) is 5.75 Å². The summed E-state index contributed by atoms with van der Waals surface area (Å²) in [6, 6.07) is 4.85. The number of rotatable bonds is 11. The second-order valence-electron chi connectivity index (χ2n) is 6.76. The summed E-state index contributed by atoms with van der Waals surface area (Å²) in [5.74, 6) is -38.2. The number of halogens is 13. The lowest BCUT2D eigenvalue weighted by Crippen LogP contribution is -2.70. The summed E-state index contributed by atoms with van der Waals surface area (Å²) in [6.45, 7) is 2.12. The number of alkyl halides is 13. The molecule has 1 aromatic rings. The number of hydrogen-bond acceptors (Lipinski definition) is 3. The van der Waals surface area contributed by atoms with E-state index in [-0.39, 0.29) is 17.3 Å². The molecule has 34 heavy (non-hydrogen) atoms. The van der Waals surface area contributed by atoms with Crippen LogP contribution in [0.2, 0.25) is 0 Å². The molecule has 1 aromatic carbocycles. The highest BCUT2D eigenvalue weighted by Gasteiger charge is 2.90. The largest absolute Gasteiger partial charge is 0.494 e. The second-order valence-corrected chi connectivity index (χ2v) is 7.83. The standard InChI is InChI=1S/C18H15F13O2S/c1-2-8-33-11-5-3-10(4-6-11)12(32)34-9-7-13(19,20)14(21,22)15(23,24)16(25,26)17(27,28)18(29,30)31/h3-6H,2,7-9H2,1H3. The third-order valence-corrected chi connectivity index (χ3v) is 5.12. The zero-order valence-corrected chi connectivity index (χ0v) is 17.6. The van der Waals surface area contributed by atoms with Gasteiger partial charge in [-0.25, -0.2) is 0 Å². The molecule has 0 aliphatic heterocycles. The number of carbonyl (C=O) groups excluding carboxylic acids is 1. The molecular formula is C18H15F13O2S. The Kier molecular flexibility index (Phi) is 8.88. The lowest BCUT2D eigenvalue weighted by Gasteiger charge is -2.39. The average Bonchev–Trinajstić information content (AvgIpc) is 2.70. The summed E-state index contributed by atoms with van der Waals surface area (Å²) < 4.78 is 175. The summed E-state index contributed by atoms with van der Waals surface area (Å²) in [7, 11) is 0. The summed E-state index contributed by atoms with van der Waals surface area (Å²) in [5.41, 5.74) is -0.175. The van der Waals surface area contributed by atoms with Gasteiger partial charge in [-0.05, 0) is 30.7 Å². The van der Waals surface area contributed by atoms with Gasteiger partial charge in [-0.3, -0.25) is 4.79 Å². The van der Waals surface area contributed by atoms with Crippen molar-refractivity contribution in [3.63, 3.8) is 0 Å². The Labute approximate surface area is 187 Å². The van der Waals surface area contributed by atoms with Gasteiger partial charge in [-0.1, -0.05) is 18.7 Å². The highest BCUT2D eigenvalue weighted by Crippen LogP contribution is 2.60. The monoisotopic (exact) mass is 542 g/mol. The van der Waals surface area contributed by atoms with E-state index in [1.165, 1.54) is 12.1 Å². The predicted molar refractivity (Wildman–Crippen MR) is 94.4 cm³/mol. The van der Waals surface area contributed by atoms with Crippen LogP contribution in [-0.4, -0.2) is 53.3 Å². The first-order chi connectivity index (χ1) is 15.2. The fourth-order valence-electron chi connectivity index (χ4n) is 2.22. The Morgan fingerprint density at radius 1 is 0.765 bits per heavy atom. The highest BCUT2D eigenvalue weighted by molar-refractivity contribution is 8.14. The van der Waals surface area contributed by atoms with Crippen LogP contribution in [0.25, 0.3) is 0 Å². The Hall–Kier alpha value is -1.87. The van der Waals surface area contributed by atoms with E-state index in [4.69, 9.17) is 4.74 Å². The summed E-state index contributed by atoms with van der Waals surface area (Å²) in [6.07, 6.45) is -9.24. The van der Waals surface area contributed by atoms with Gasteiger partial charge < -0.3 is 4.74 Å². The molecular weight excluding hydrogens is 527 g/mol. The first kappa shape index (κ1) is 30.2. The molecule has 0 aliphatic rings. The zero-order chi connectivity index (χ0) is 26.8. The van der Waals surface area contributed by atoms with Crippen LogP contribution in [0, 0.1) is 0 Å². The van der Waals surface area contributed by atoms with Gasteiger partial charge in [-0.2, -0.15) is 57.1 Å². The lowest BCUT2D eigenvalue weighted by atomic mass is 9.93. The van der Waals surface area contributed by atoms with Crippen LogP contribution in [0.15, 0.2) is 24.3 Å². The molecule has 0 aliphatic carbocycles. The van der Waals surface area contributed by atoms with Crippen molar-refractivity contribution in [2.45, 2.75) is 55.6 Å². The minimum Gasteiger partial charge on any atom is -0.494 e. The van der Waals surface area contributed by atoms with Gasteiger partial charge in [0.15, 0.2) is 0 Å². The van der Waals surface area contributed by atoms with Crippen molar-refractivity contribution < 1.29 is 66.6 Å². The van der Waals surface area contributed by atoms with E-state index in [1.807, 2.05) is 0 Å². The van der Waals surface area contributed by atoms with Crippen LogP contribution in [0.1, 0.15) is 30.1 Å². The molecule has 1 rings (SSSR count). The van der Waals surface area contributed by atoms with Gasteiger partial charge in [0.25, 0.3) is 0 Å². The summed E-state index contributed by atoms with van der Waals surface area (Å²) in [5, 5.41) is -1.04. The Bertz CT molecular complexity index is 835. The van der Waals surface area contributed by atoms with E-state index in [2.05, 4.69) is 0 Å². The van der Waals surface area contributed by atoms with Crippen molar-refractivity contribution in [1.82, 2.24) is 0 Å². The molecule has 16 heteroatoms. The molecule has 0 aromatic heterocycles. The van der Waals surface area contributed by atoms with Gasteiger partial charge in [0.05, 0.1) is 6.61 Å². The van der Waals surface area contributed by atoms with Gasteiger partial charge in [-0.15, -0.1) is 0 Å². The van der Waals surface area contributed by atoms with E-state index >= 15 is 0 Å². The first-order valence-corrected chi connectivity index (χ1v) is 10.0. The third-order valence-electron chi connectivity index (χ3n) is 4.21. The zero-order valence-electron chi connectivity index (χ0n) is 16.8. The fraction of sp³-hybridized carbons (Fsp3) is 0.611. The molecule has 0 N–H and O–H groups in total. The molecule has 0 saturated heterocycles. The van der Waals surface area contributed by atoms with E-state index in [1.54, 1.807) is 6.92 Å². The van der Waals surface area contributed by atoms with Gasteiger partial charge in [0, 0.05) is 17.7 Å². The molecule has 0 atom stereocenters. The molecule has 196 valence electrons. The van der Waals surface area contributed by atoms with Gasteiger partial charge in [0.1, 0.15) is 5.75 Å². The summed E-state index contributed by atoms with van der Waals surface area (Å²) in [4.78, 5) is 11.9. The smallest absolute Gasteiger partial charge is 0.460 e. The molecule has 0 spiro atoms. The molecule has 0 bridgehead atoms. The molecule has 0 unspecified atom stereocenters. The minimum atomic E-state index is -7.93. The van der Waals surface area contributed by atoms with E-state index in [0.717, 1.165) is 12.1 Å². The Morgan fingerprint density at radius 2 is 1.24 bits per heavy atom. The van der Waals surface area contributed by atoms with Crippen molar-refractivity contribution in [3.05, 3.63) is 29.8 Å².